The zero-order chi connectivity index (χ0) is 22.1. The lowest BCUT2D eigenvalue weighted by molar-refractivity contribution is -0.0688. The number of nitrogens with zero attached hydrogens (tertiary/aromatic N) is 1. The van der Waals surface area contributed by atoms with E-state index in [1.807, 2.05) is 24.3 Å². The Morgan fingerprint density at radius 3 is 2.28 bits per heavy atom. The van der Waals surface area contributed by atoms with E-state index in [-0.39, 0.29) is 34.7 Å². The third-order valence-electron chi connectivity index (χ3n) is 8.57. The summed E-state index contributed by atoms with van der Waals surface area (Å²) >= 11 is 1.50. The summed E-state index contributed by atoms with van der Waals surface area (Å²) in [4.78, 5) is 17.5. The van der Waals surface area contributed by atoms with Crippen molar-refractivity contribution in [2.24, 2.45) is 28.2 Å². The van der Waals surface area contributed by atoms with E-state index in [1.165, 1.54) is 50.3 Å². The van der Waals surface area contributed by atoms with Crippen molar-refractivity contribution in [3.63, 3.8) is 0 Å². The van der Waals surface area contributed by atoms with E-state index >= 15 is 0 Å². The minimum absolute atomic E-state index is 0.00659. The molecule has 5 fully saturated rings. The molecule has 7 rings (SSSR count). The topological polar surface area (TPSA) is 87.6 Å². The highest BCUT2D eigenvalue weighted by Crippen LogP contribution is 2.61. The number of thioether (sulfide) groups is 1. The van der Waals surface area contributed by atoms with Crippen molar-refractivity contribution >= 4 is 38.4 Å². The van der Waals surface area contributed by atoms with Crippen molar-refractivity contribution in [1.82, 2.24) is 5.32 Å². The first kappa shape index (κ1) is 21.0. The van der Waals surface area contributed by atoms with Gasteiger partial charge in [-0.25, -0.2) is 8.42 Å². The van der Waals surface area contributed by atoms with Gasteiger partial charge in [-0.2, -0.15) is 0 Å². The van der Waals surface area contributed by atoms with Crippen molar-refractivity contribution in [2.45, 2.75) is 62.8 Å². The van der Waals surface area contributed by atoms with Gasteiger partial charge in [-0.15, -0.1) is 0 Å². The first-order chi connectivity index (χ1) is 15.3. The molecule has 0 unspecified atom stereocenters. The standard InChI is InChI=1S/C24H31N3O3S2/c1-14(24-9-15-6-16(10-24)8-17(7-15)11-24)25-22(28)18-2-4-19(5-3-18)26-23-27-20-12-32(29,30)13-21(20)31-23/h2-5,14-17,20-21H,6-13H2,1H3,(H,25,28)(H,26,27)/t14-,15?,16?,17?,20+,21-,24?/m0/s1. The van der Waals surface area contributed by atoms with Crippen molar-refractivity contribution in [2.75, 3.05) is 16.8 Å². The lowest BCUT2D eigenvalue weighted by Gasteiger charge is -2.59. The van der Waals surface area contributed by atoms with Gasteiger partial charge in [-0.1, -0.05) is 11.8 Å². The Kier molecular flexibility index (Phi) is 4.92. The number of anilines is 1. The van der Waals surface area contributed by atoms with Crippen LogP contribution in [0.4, 0.5) is 5.69 Å². The molecule has 4 aliphatic carbocycles. The first-order valence-electron chi connectivity index (χ1n) is 11.9. The van der Waals surface area contributed by atoms with Crippen LogP contribution in [0.2, 0.25) is 0 Å². The van der Waals surface area contributed by atoms with E-state index in [4.69, 9.17) is 0 Å². The average molecular weight is 474 g/mol. The first-order valence-corrected chi connectivity index (χ1v) is 14.6. The molecule has 1 saturated heterocycles. The van der Waals surface area contributed by atoms with Crippen LogP contribution < -0.4 is 10.6 Å². The Bertz CT molecular complexity index is 1030. The van der Waals surface area contributed by atoms with Gasteiger partial charge in [-0.3, -0.25) is 9.79 Å². The maximum absolute atomic E-state index is 13.0. The molecule has 2 aliphatic heterocycles. The molecule has 0 aromatic heterocycles. The molecule has 1 aromatic rings. The SMILES string of the molecule is C[C@H](NC(=O)c1ccc(NC2=N[C@@H]3CS(=O)(=O)C[C@@H]3S2)cc1)C12CC3CC(CC(C3)C1)C2. The second-order valence-corrected chi connectivity index (χ2v) is 14.3. The predicted octanol–water partition coefficient (Wildman–Crippen LogP) is 3.70. The van der Waals surface area contributed by atoms with Crippen LogP contribution in [0.25, 0.3) is 0 Å². The minimum Gasteiger partial charge on any atom is -0.349 e. The summed E-state index contributed by atoms with van der Waals surface area (Å²) in [5.74, 6) is 2.99. The minimum atomic E-state index is -2.94. The molecule has 3 atom stereocenters. The number of nitrogens with one attached hydrogen (secondary N) is 2. The predicted molar refractivity (Wildman–Crippen MR) is 129 cm³/mol. The number of rotatable bonds is 4. The molecule has 6 aliphatic rings. The zero-order valence-corrected chi connectivity index (χ0v) is 20.1. The number of carbonyl (C=O) groups excluding carboxylic acids is 1. The van der Waals surface area contributed by atoms with E-state index in [9.17, 15) is 13.2 Å². The van der Waals surface area contributed by atoms with Gasteiger partial charge in [0.05, 0.1) is 17.5 Å². The van der Waals surface area contributed by atoms with E-state index < -0.39 is 9.84 Å². The summed E-state index contributed by atoms with van der Waals surface area (Å²) in [6.45, 7) is 2.22. The molecule has 4 saturated carbocycles. The van der Waals surface area contributed by atoms with Crippen LogP contribution in [0.15, 0.2) is 29.3 Å². The van der Waals surface area contributed by atoms with E-state index in [0.717, 1.165) is 28.6 Å². The Hall–Kier alpha value is -1.54. The Balaban J connectivity index is 1.08. The van der Waals surface area contributed by atoms with Crippen molar-refractivity contribution in [3.8, 4) is 0 Å². The quantitative estimate of drug-likeness (QED) is 0.696. The fourth-order valence-corrected chi connectivity index (χ4v) is 11.1. The van der Waals surface area contributed by atoms with Gasteiger partial charge in [0.15, 0.2) is 15.0 Å². The number of hydrogen-bond donors (Lipinski definition) is 2. The second kappa shape index (κ2) is 7.49. The summed E-state index contributed by atoms with van der Waals surface area (Å²) in [5.41, 5.74) is 1.84. The summed E-state index contributed by atoms with van der Waals surface area (Å²) in [5, 5.41) is 7.41. The van der Waals surface area contributed by atoms with E-state index in [2.05, 4.69) is 22.5 Å². The van der Waals surface area contributed by atoms with Crippen LogP contribution >= 0.6 is 11.8 Å². The Morgan fingerprint density at radius 1 is 1.06 bits per heavy atom. The summed E-state index contributed by atoms with van der Waals surface area (Å²) in [6.07, 6.45) is 8.09. The monoisotopic (exact) mass is 473 g/mol. The van der Waals surface area contributed by atoms with Gasteiger partial charge in [-0.05, 0) is 92.9 Å². The van der Waals surface area contributed by atoms with Crippen molar-refractivity contribution in [1.29, 1.82) is 0 Å². The van der Waals surface area contributed by atoms with Crippen LogP contribution in [0.5, 0.6) is 0 Å². The highest BCUT2D eigenvalue weighted by atomic mass is 32.2. The second-order valence-electron chi connectivity index (χ2n) is 10.9. The van der Waals surface area contributed by atoms with Crippen molar-refractivity contribution < 1.29 is 13.2 Å². The van der Waals surface area contributed by atoms with Crippen LogP contribution in [-0.4, -0.2) is 48.3 Å². The van der Waals surface area contributed by atoms with Gasteiger partial charge in [0.25, 0.3) is 5.91 Å². The van der Waals surface area contributed by atoms with Gasteiger partial charge in [0.2, 0.25) is 0 Å². The fourth-order valence-electron chi connectivity index (χ4n) is 7.39. The summed E-state index contributed by atoms with van der Waals surface area (Å²) in [7, 11) is -2.94. The number of hydrogen-bond acceptors (Lipinski definition) is 6. The molecule has 1 amide bonds. The van der Waals surface area contributed by atoms with E-state index in [0.29, 0.717) is 11.0 Å². The van der Waals surface area contributed by atoms with Gasteiger partial charge in [0.1, 0.15) is 0 Å². The largest absolute Gasteiger partial charge is 0.349 e. The summed E-state index contributed by atoms with van der Waals surface area (Å²) < 4.78 is 23.4. The zero-order valence-electron chi connectivity index (χ0n) is 18.4. The molecule has 1 aromatic carbocycles. The summed E-state index contributed by atoms with van der Waals surface area (Å²) in [6, 6.07) is 7.59. The number of aliphatic imine (C=N–C) groups is 1. The van der Waals surface area contributed by atoms with Gasteiger partial charge < -0.3 is 10.6 Å². The number of fused-ring (bicyclic) bond motifs is 1. The van der Waals surface area contributed by atoms with Gasteiger partial charge in [0, 0.05) is 22.5 Å². The smallest absolute Gasteiger partial charge is 0.251 e. The number of amidine groups is 1. The molecule has 32 heavy (non-hydrogen) atoms. The lowest BCUT2D eigenvalue weighted by Crippen LogP contribution is -2.55. The van der Waals surface area contributed by atoms with Crippen LogP contribution in [0.1, 0.15) is 55.8 Å². The fraction of sp³-hybridized carbons (Fsp3) is 0.667. The highest BCUT2D eigenvalue weighted by molar-refractivity contribution is 8.15. The molecule has 6 nitrogen and oxygen atoms in total. The van der Waals surface area contributed by atoms with Crippen molar-refractivity contribution in [3.05, 3.63) is 29.8 Å². The van der Waals surface area contributed by atoms with Gasteiger partial charge >= 0.3 is 0 Å². The molecular formula is C24H31N3O3S2. The van der Waals surface area contributed by atoms with Crippen LogP contribution in [-0.2, 0) is 9.84 Å². The number of amides is 1. The van der Waals surface area contributed by atoms with E-state index in [1.54, 1.807) is 0 Å². The maximum Gasteiger partial charge on any atom is 0.251 e. The molecule has 172 valence electrons. The average Bonchev–Trinajstić information content (AvgIpc) is 3.19. The molecule has 2 N–H and O–H groups in total. The van der Waals surface area contributed by atoms with Crippen LogP contribution in [0.3, 0.4) is 0 Å². The molecule has 8 heteroatoms. The Labute approximate surface area is 194 Å². The lowest BCUT2D eigenvalue weighted by atomic mass is 9.48. The third-order valence-corrected chi connectivity index (χ3v) is 11.7. The molecule has 2 heterocycles. The Morgan fingerprint density at radius 2 is 1.69 bits per heavy atom. The number of sulfone groups is 1. The van der Waals surface area contributed by atoms with Crippen LogP contribution in [0, 0.1) is 23.2 Å². The molecular weight excluding hydrogens is 442 g/mol. The molecule has 4 bridgehead atoms. The molecule has 0 spiro atoms. The highest BCUT2D eigenvalue weighted by Gasteiger charge is 2.53. The molecule has 0 radical (unpaired) electrons. The normalized spacial score (nSPS) is 39.4. The number of carbonyl (C=O) groups is 1. The number of benzene rings is 1. The maximum atomic E-state index is 13.0. The third kappa shape index (κ3) is 3.77.